The summed E-state index contributed by atoms with van der Waals surface area (Å²) in [6, 6.07) is 0. The maximum Gasteiger partial charge on any atom is 0.178 e. The van der Waals surface area contributed by atoms with Crippen LogP contribution in [0.4, 0.5) is 0 Å². The Morgan fingerprint density at radius 2 is 1.89 bits per heavy atom. The molecular weight excluding hydrogens is 332 g/mol. The molecule has 2 unspecified atom stereocenters. The number of fused-ring (bicyclic) bond motifs is 5. The van der Waals surface area contributed by atoms with Crippen LogP contribution < -0.4 is 0 Å². The Morgan fingerprint density at radius 3 is 2.59 bits per heavy atom. The zero-order valence-electron chi connectivity index (χ0n) is 17.4. The molecule has 2 nitrogen and oxygen atoms in total. The van der Waals surface area contributed by atoms with Crippen molar-refractivity contribution < 1.29 is 9.59 Å². The molecule has 0 saturated heterocycles. The van der Waals surface area contributed by atoms with Gasteiger partial charge < -0.3 is 0 Å². The molecule has 4 rings (SSSR count). The van der Waals surface area contributed by atoms with Gasteiger partial charge >= 0.3 is 0 Å². The van der Waals surface area contributed by atoms with Crippen molar-refractivity contribution in [2.45, 2.75) is 72.6 Å². The first kappa shape index (κ1) is 18.9. The summed E-state index contributed by atoms with van der Waals surface area (Å²) < 4.78 is 0. The summed E-state index contributed by atoms with van der Waals surface area (Å²) in [5, 5.41) is 0. The molecule has 0 spiro atoms. The minimum atomic E-state index is -0.104. The summed E-state index contributed by atoms with van der Waals surface area (Å²) in [6.07, 6.45) is 15.7. The molecule has 0 bridgehead atoms. The van der Waals surface area contributed by atoms with Crippen molar-refractivity contribution in [3.8, 4) is 0 Å². The molecule has 0 aromatic rings. The summed E-state index contributed by atoms with van der Waals surface area (Å²) in [5.41, 5.74) is 2.51. The summed E-state index contributed by atoms with van der Waals surface area (Å²) >= 11 is 0. The molecule has 3 fully saturated rings. The van der Waals surface area contributed by atoms with E-state index in [0.29, 0.717) is 29.5 Å². The van der Waals surface area contributed by atoms with Gasteiger partial charge in [-0.1, -0.05) is 39.8 Å². The highest BCUT2D eigenvalue weighted by Crippen LogP contribution is 2.64. The molecule has 5 atom stereocenters. The van der Waals surface area contributed by atoms with Crippen LogP contribution in [0.2, 0.25) is 0 Å². The smallest absolute Gasteiger partial charge is 0.178 e. The van der Waals surface area contributed by atoms with Crippen molar-refractivity contribution >= 4 is 11.6 Å². The molecule has 3 saturated carbocycles. The lowest BCUT2D eigenvalue weighted by molar-refractivity contribution is -0.131. The highest BCUT2D eigenvalue weighted by atomic mass is 16.1. The number of carbonyl (C=O) groups is 2. The van der Waals surface area contributed by atoms with Crippen LogP contribution in [0, 0.1) is 34.5 Å². The van der Waals surface area contributed by atoms with Gasteiger partial charge in [-0.2, -0.15) is 0 Å². The Labute approximate surface area is 164 Å². The second-order valence-corrected chi connectivity index (χ2v) is 9.84. The first-order valence-corrected chi connectivity index (χ1v) is 11.0. The predicted octanol–water partition coefficient (Wildman–Crippen LogP) is 5.84. The standard InChI is InChI=1S/C25H34O2/c1-5-16(6-2)13-17-14-19-20-7-8-23(27)25(20,4)12-10-21(19)24(3)11-9-18(26)15-22(17)24/h9,11,13,15-16,19-21H,5-8,10,12,14H2,1-4H3/b17-13+/t19-,20?,21?,24+,25-/m0/s1. The molecule has 4 aliphatic rings. The third kappa shape index (κ3) is 2.74. The van der Waals surface area contributed by atoms with Crippen LogP contribution in [-0.4, -0.2) is 11.6 Å². The molecule has 0 heterocycles. The Balaban J connectivity index is 1.79. The van der Waals surface area contributed by atoms with Gasteiger partial charge in [-0.15, -0.1) is 0 Å². The van der Waals surface area contributed by atoms with Gasteiger partial charge in [0.2, 0.25) is 0 Å². The van der Waals surface area contributed by atoms with Crippen molar-refractivity contribution in [3.63, 3.8) is 0 Å². The van der Waals surface area contributed by atoms with Gasteiger partial charge in [0.15, 0.2) is 5.78 Å². The SMILES string of the molecule is CCC(/C=C1\C[C@@H]2C(CC[C@]3(C)C(=O)CCC23)[C@@]2(C)C=CC(=O)C=C12)CC. The van der Waals surface area contributed by atoms with Crippen molar-refractivity contribution in [2.24, 2.45) is 34.5 Å². The van der Waals surface area contributed by atoms with Crippen molar-refractivity contribution in [1.82, 2.24) is 0 Å². The van der Waals surface area contributed by atoms with Gasteiger partial charge in [0.05, 0.1) is 0 Å². The van der Waals surface area contributed by atoms with Gasteiger partial charge in [-0.3, -0.25) is 9.59 Å². The second kappa shape index (κ2) is 6.57. The van der Waals surface area contributed by atoms with E-state index in [0.717, 1.165) is 44.9 Å². The van der Waals surface area contributed by atoms with Crippen molar-refractivity contribution in [1.29, 1.82) is 0 Å². The lowest BCUT2D eigenvalue weighted by Crippen LogP contribution is -2.50. The summed E-state index contributed by atoms with van der Waals surface area (Å²) in [5.74, 6) is 2.83. The van der Waals surface area contributed by atoms with E-state index in [2.05, 4.69) is 39.8 Å². The van der Waals surface area contributed by atoms with Gasteiger partial charge in [0.25, 0.3) is 0 Å². The van der Waals surface area contributed by atoms with E-state index < -0.39 is 0 Å². The number of allylic oxidation sites excluding steroid dienone is 6. The summed E-state index contributed by atoms with van der Waals surface area (Å²) in [4.78, 5) is 24.9. The van der Waals surface area contributed by atoms with Gasteiger partial charge in [0.1, 0.15) is 5.78 Å². The summed E-state index contributed by atoms with van der Waals surface area (Å²) in [6.45, 7) is 9.09. The number of hydrogen-bond donors (Lipinski definition) is 0. The number of Topliss-reactive ketones (excluding diaryl/α,β-unsaturated/α-hetero) is 1. The molecule has 0 aromatic carbocycles. The Morgan fingerprint density at radius 1 is 1.15 bits per heavy atom. The highest BCUT2D eigenvalue weighted by molar-refractivity contribution is 6.02. The third-order valence-electron chi connectivity index (χ3n) is 8.66. The average Bonchev–Trinajstić information content (AvgIpc) is 2.96. The van der Waals surface area contributed by atoms with E-state index in [-0.39, 0.29) is 16.6 Å². The number of hydrogen-bond acceptors (Lipinski definition) is 2. The van der Waals surface area contributed by atoms with Crippen LogP contribution in [-0.2, 0) is 9.59 Å². The molecule has 0 amide bonds. The first-order chi connectivity index (χ1) is 12.8. The quantitative estimate of drug-likeness (QED) is 0.629. The lowest BCUT2D eigenvalue weighted by atomic mass is 9.47. The number of ketones is 2. The van der Waals surface area contributed by atoms with Crippen LogP contribution in [0.25, 0.3) is 0 Å². The zero-order chi connectivity index (χ0) is 19.4. The van der Waals surface area contributed by atoms with Crippen molar-refractivity contribution in [3.05, 3.63) is 35.5 Å². The second-order valence-electron chi connectivity index (χ2n) is 9.84. The molecular formula is C25H34O2. The fourth-order valence-corrected chi connectivity index (χ4v) is 6.87. The third-order valence-corrected chi connectivity index (χ3v) is 8.66. The fraction of sp³-hybridized carbons (Fsp3) is 0.680. The van der Waals surface area contributed by atoms with E-state index in [1.807, 2.05) is 6.08 Å². The topological polar surface area (TPSA) is 34.1 Å². The Kier molecular flexibility index (Phi) is 4.60. The molecule has 4 aliphatic carbocycles. The monoisotopic (exact) mass is 366 g/mol. The minimum absolute atomic E-state index is 0.0539. The molecule has 0 N–H and O–H groups in total. The van der Waals surface area contributed by atoms with E-state index in [1.165, 1.54) is 11.1 Å². The van der Waals surface area contributed by atoms with E-state index in [1.54, 1.807) is 6.08 Å². The maximum absolute atomic E-state index is 12.7. The zero-order valence-corrected chi connectivity index (χ0v) is 17.4. The van der Waals surface area contributed by atoms with Crippen LogP contribution >= 0.6 is 0 Å². The Hall–Kier alpha value is -1.44. The normalized spacial score (nSPS) is 42.2. The number of rotatable bonds is 3. The molecule has 2 heteroatoms. The maximum atomic E-state index is 12.7. The van der Waals surface area contributed by atoms with Gasteiger partial charge in [-0.25, -0.2) is 0 Å². The Bertz CT molecular complexity index is 750. The minimum Gasteiger partial charge on any atom is -0.299 e. The van der Waals surface area contributed by atoms with E-state index in [9.17, 15) is 9.59 Å². The predicted molar refractivity (Wildman–Crippen MR) is 109 cm³/mol. The van der Waals surface area contributed by atoms with Crippen molar-refractivity contribution in [2.75, 3.05) is 0 Å². The number of carbonyl (C=O) groups excluding carboxylic acids is 2. The lowest BCUT2D eigenvalue weighted by Gasteiger charge is -2.56. The molecule has 0 aromatic heterocycles. The molecule has 27 heavy (non-hydrogen) atoms. The van der Waals surface area contributed by atoms with Crippen LogP contribution in [0.3, 0.4) is 0 Å². The van der Waals surface area contributed by atoms with Gasteiger partial charge in [0, 0.05) is 17.3 Å². The molecule has 146 valence electrons. The highest BCUT2D eigenvalue weighted by Gasteiger charge is 2.59. The van der Waals surface area contributed by atoms with Crippen LogP contribution in [0.15, 0.2) is 35.5 Å². The average molecular weight is 367 g/mol. The van der Waals surface area contributed by atoms with E-state index in [4.69, 9.17) is 0 Å². The van der Waals surface area contributed by atoms with Crippen LogP contribution in [0.1, 0.15) is 72.6 Å². The van der Waals surface area contributed by atoms with Gasteiger partial charge in [-0.05, 0) is 85.5 Å². The fourth-order valence-electron chi connectivity index (χ4n) is 6.87. The largest absolute Gasteiger partial charge is 0.299 e. The molecule has 0 aliphatic heterocycles. The van der Waals surface area contributed by atoms with E-state index >= 15 is 0 Å². The summed E-state index contributed by atoms with van der Waals surface area (Å²) in [7, 11) is 0. The van der Waals surface area contributed by atoms with Crippen LogP contribution in [0.5, 0.6) is 0 Å². The molecule has 0 radical (unpaired) electrons. The first-order valence-electron chi connectivity index (χ1n) is 11.0.